The lowest BCUT2D eigenvalue weighted by molar-refractivity contribution is -0.932. The summed E-state index contributed by atoms with van der Waals surface area (Å²) in [5, 5.41) is 0. The number of likely N-dealkylation sites (N-methyl/N-ethyl adjacent to an activating group) is 1. The summed E-state index contributed by atoms with van der Waals surface area (Å²) in [7, 11) is 0. The van der Waals surface area contributed by atoms with E-state index in [1.54, 1.807) is 0 Å². The third-order valence-electron chi connectivity index (χ3n) is 3.22. The van der Waals surface area contributed by atoms with Crippen molar-refractivity contribution >= 4 is 0 Å². The van der Waals surface area contributed by atoms with Crippen LogP contribution in [0.5, 0.6) is 0 Å². The normalized spacial score (nSPS) is 11.3. The van der Waals surface area contributed by atoms with Crippen LogP contribution >= 0.6 is 0 Å². The fraction of sp³-hybridized carbons (Fsp3) is 0.429. The van der Waals surface area contributed by atoms with Crippen LogP contribution in [-0.2, 0) is 6.54 Å². The van der Waals surface area contributed by atoms with Gasteiger partial charge in [0.05, 0.1) is 19.6 Å². The van der Waals surface area contributed by atoms with Crippen LogP contribution in [0, 0.1) is 0 Å². The third kappa shape index (κ3) is 3.21. The SMILES string of the molecule is C=CC[N+](CC)(CC)Cc1ccccc1. The van der Waals surface area contributed by atoms with Crippen molar-refractivity contribution in [3.8, 4) is 0 Å². The standard InChI is InChI=1S/C14H22N/c1-4-12-15(5-2,6-3)13-14-10-8-7-9-11-14/h4,7-11H,1,5-6,12-13H2,2-3H3/q+1. The van der Waals surface area contributed by atoms with E-state index in [4.69, 9.17) is 0 Å². The van der Waals surface area contributed by atoms with Gasteiger partial charge in [0.1, 0.15) is 6.54 Å². The first kappa shape index (κ1) is 12.0. The van der Waals surface area contributed by atoms with Gasteiger partial charge in [-0.25, -0.2) is 0 Å². The Kier molecular flexibility index (Phi) is 4.57. The second-order valence-electron chi connectivity index (χ2n) is 4.09. The van der Waals surface area contributed by atoms with Crippen molar-refractivity contribution in [3.05, 3.63) is 48.6 Å². The molecule has 0 aliphatic rings. The van der Waals surface area contributed by atoms with Gasteiger partial charge in [0.15, 0.2) is 0 Å². The van der Waals surface area contributed by atoms with E-state index in [9.17, 15) is 0 Å². The average molecular weight is 204 g/mol. The summed E-state index contributed by atoms with van der Waals surface area (Å²) in [6, 6.07) is 10.7. The highest BCUT2D eigenvalue weighted by Gasteiger charge is 2.21. The monoisotopic (exact) mass is 204 g/mol. The number of hydrogen-bond donors (Lipinski definition) is 0. The molecule has 82 valence electrons. The fourth-order valence-corrected chi connectivity index (χ4v) is 2.01. The van der Waals surface area contributed by atoms with Gasteiger partial charge < -0.3 is 4.48 Å². The van der Waals surface area contributed by atoms with Gasteiger partial charge in [-0.05, 0) is 19.9 Å². The minimum Gasteiger partial charge on any atom is -0.317 e. The number of quaternary nitrogens is 1. The zero-order valence-electron chi connectivity index (χ0n) is 9.95. The van der Waals surface area contributed by atoms with Crippen LogP contribution in [0.1, 0.15) is 19.4 Å². The lowest BCUT2D eigenvalue weighted by Crippen LogP contribution is -2.46. The summed E-state index contributed by atoms with van der Waals surface area (Å²) >= 11 is 0. The molecule has 0 aliphatic carbocycles. The molecule has 0 amide bonds. The van der Waals surface area contributed by atoms with Crippen molar-refractivity contribution in [3.63, 3.8) is 0 Å². The largest absolute Gasteiger partial charge is 0.317 e. The molecule has 0 N–H and O–H groups in total. The molecule has 0 atom stereocenters. The molecule has 0 aromatic heterocycles. The molecule has 1 aromatic carbocycles. The molecule has 0 fully saturated rings. The first-order valence-electron chi connectivity index (χ1n) is 5.76. The summed E-state index contributed by atoms with van der Waals surface area (Å²) in [5.74, 6) is 0. The Morgan fingerprint density at radius 1 is 1.13 bits per heavy atom. The molecule has 1 nitrogen and oxygen atoms in total. The maximum Gasteiger partial charge on any atom is 0.105 e. The predicted molar refractivity (Wildman–Crippen MR) is 66.6 cm³/mol. The molecule has 1 heteroatoms. The van der Waals surface area contributed by atoms with Crippen molar-refractivity contribution in [2.75, 3.05) is 19.6 Å². The summed E-state index contributed by atoms with van der Waals surface area (Å²) in [6.07, 6.45) is 2.04. The van der Waals surface area contributed by atoms with E-state index in [1.165, 1.54) is 5.56 Å². The minimum absolute atomic E-state index is 1.06. The summed E-state index contributed by atoms with van der Waals surface area (Å²) in [6.45, 7) is 12.9. The lowest BCUT2D eigenvalue weighted by Gasteiger charge is -2.36. The molecule has 1 aromatic rings. The van der Waals surface area contributed by atoms with Gasteiger partial charge in [0.25, 0.3) is 0 Å². The van der Waals surface area contributed by atoms with Crippen molar-refractivity contribution in [2.24, 2.45) is 0 Å². The van der Waals surface area contributed by atoms with Gasteiger partial charge in [0, 0.05) is 5.56 Å². The van der Waals surface area contributed by atoms with Crippen LogP contribution in [0.15, 0.2) is 43.0 Å². The molecule has 0 unspecified atom stereocenters. The minimum atomic E-state index is 1.06. The van der Waals surface area contributed by atoms with Gasteiger partial charge >= 0.3 is 0 Å². The van der Waals surface area contributed by atoms with E-state index in [0.717, 1.165) is 30.7 Å². The molecule has 1 rings (SSSR count). The molecule has 0 saturated heterocycles. The van der Waals surface area contributed by atoms with E-state index < -0.39 is 0 Å². The quantitative estimate of drug-likeness (QED) is 0.493. The number of nitrogens with zero attached hydrogens (tertiary/aromatic N) is 1. The molecule has 0 spiro atoms. The van der Waals surface area contributed by atoms with E-state index in [0.29, 0.717) is 0 Å². The van der Waals surface area contributed by atoms with Crippen LogP contribution in [-0.4, -0.2) is 24.1 Å². The van der Waals surface area contributed by atoms with Crippen molar-refractivity contribution in [1.82, 2.24) is 0 Å². The molecule has 0 aliphatic heterocycles. The summed E-state index contributed by atoms with van der Waals surface area (Å²) in [5.41, 5.74) is 1.42. The van der Waals surface area contributed by atoms with Crippen molar-refractivity contribution < 1.29 is 4.48 Å². The highest BCUT2D eigenvalue weighted by Crippen LogP contribution is 2.14. The summed E-state index contributed by atoms with van der Waals surface area (Å²) < 4.78 is 1.10. The first-order valence-corrected chi connectivity index (χ1v) is 5.76. The smallest absolute Gasteiger partial charge is 0.105 e. The van der Waals surface area contributed by atoms with E-state index in [-0.39, 0.29) is 0 Å². The van der Waals surface area contributed by atoms with Gasteiger partial charge in [-0.1, -0.05) is 36.9 Å². The van der Waals surface area contributed by atoms with Gasteiger partial charge in [-0.15, -0.1) is 0 Å². The second kappa shape index (κ2) is 5.72. The van der Waals surface area contributed by atoms with Gasteiger partial charge in [-0.3, -0.25) is 0 Å². The third-order valence-corrected chi connectivity index (χ3v) is 3.22. The topological polar surface area (TPSA) is 0 Å². The van der Waals surface area contributed by atoms with Gasteiger partial charge in [-0.2, -0.15) is 0 Å². The van der Waals surface area contributed by atoms with E-state index in [1.807, 2.05) is 6.08 Å². The predicted octanol–water partition coefficient (Wildman–Crippen LogP) is 3.23. The maximum absolute atomic E-state index is 3.87. The van der Waals surface area contributed by atoms with Gasteiger partial charge in [0.2, 0.25) is 0 Å². The molecule has 15 heavy (non-hydrogen) atoms. The Balaban J connectivity index is 2.78. The molecule has 0 saturated carbocycles. The van der Waals surface area contributed by atoms with E-state index >= 15 is 0 Å². The van der Waals surface area contributed by atoms with Crippen LogP contribution in [0.25, 0.3) is 0 Å². The Labute approximate surface area is 93.6 Å². The fourth-order valence-electron chi connectivity index (χ4n) is 2.01. The molecule has 0 radical (unpaired) electrons. The van der Waals surface area contributed by atoms with E-state index in [2.05, 4.69) is 50.8 Å². The molecule has 0 heterocycles. The van der Waals surface area contributed by atoms with Crippen LogP contribution < -0.4 is 0 Å². The highest BCUT2D eigenvalue weighted by atomic mass is 15.3. The lowest BCUT2D eigenvalue weighted by atomic mass is 10.1. The first-order chi connectivity index (χ1) is 7.26. The zero-order valence-corrected chi connectivity index (χ0v) is 9.95. The number of benzene rings is 1. The van der Waals surface area contributed by atoms with Crippen LogP contribution in [0.2, 0.25) is 0 Å². The Morgan fingerprint density at radius 3 is 2.20 bits per heavy atom. The van der Waals surface area contributed by atoms with Crippen LogP contribution in [0.3, 0.4) is 0 Å². The second-order valence-corrected chi connectivity index (χ2v) is 4.09. The number of hydrogen-bond acceptors (Lipinski definition) is 0. The average Bonchev–Trinajstić information content (AvgIpc) is 2.30. The molecular formula is C14H22N+. The molecular weight excluding hydrogens is 182 g/mol. The Hall–Kier alpha value is -1.08. The molecule has 0 bridgehead atoms. The Morgan fingerprint density at radius 2 is 1.73 bits per heavy atom. The summed E-state index contributed by atoms with van der Waals surface area (Å²) in [4.78, 5) is 0. The van der Waals surface area contributed by atoms with Crippen molar-refractivity contribution in [1.29, 1.82) is 0 Å². The van der Waals surface area contributed by atoms with Crippen molar-refractivity contribution in [2.45, 2.75) is 20.4 Å². The highest BCUT2D eigenvalue weighted by molar-refractivity contribution is 5.13. The Bertz CT molecular complexity index is 285. The maximum atomic E-state index is 3.87. The zero-order chi connectivity index (χ0) is 11.1. The number of rotatable bonds is 6. The van der Waals surface area contributed by atoms with Crippen LogP contribution in [0.4, 0.5) is 0 Å².